The summed E-state index contributed by atoms with van der Waals surface area (Å²) in [5, 5.41) is 9.80. The summed E-state index contributed by atoms with van der Waals surface area (Å²) < 4.78 is 5.73. The molecule has 3 heterocycles. The Morgan fingerprint density at radius 3 is 2.41 bits per heavy atom. The summed E-state index contributed by atoms with van der Waals surface area (Å²) in [4.78, 5) is 28.3. The summed E-state index contributed by atoms with van der Waals surface area (Å²) in [6.45, 7) is 16.1. The molecule has 2 aromatic heterocycles. The van der Waals surface area contributed by atoms with E-state index < -0.39 is 11.6 Å². The van der Waals surface area contributed by atoms with Gasteiger partial charge in [-0.25, -0.2) is 9.78 Å². The average Bonchev–Trinajstić information content (AvgIpc) is 3.19. The number of benzene rings is 1. The van der Waals surface area contributed by atoms with Crippen molar-refractivity contribution in [2.24, 2.45) is 5.92 Å². The summed E-state index contributed by atoms with van der Waals surface area (Å²) in [6, 6.07) is 7.91. The van der Waals surface area contributed by atoms with Crippen LogP contribution < -0.4 is 15.5 Å². The van der Waals surface area contributed by atoms with E-state index in [-0.39, 0.29) is 5.97 Å². The van der Waals surface area contributed by atoms with Gasteiger partial charge in [-0.2, -0.15) is 4.98 Å². The Morgan fingerprint density at radius 1 is 1.11 bits per heavy atom. The van der Waals surface area contributed by atoms with Crippen LogP contribution in [0, 0.1) is 12.8 Å². The van der Waals surface area contributed by atoms with Crippen LogP contribution in [-0.4, -0.2) is 65.7 Å². The zero-order chi connectivity index (χ0) is 26.7. The van der Waals surface area contributed by atoms with Gasteiger partial charge in [0.1, 0.15) is 22.3 Å². The molecular weight excluding hydrogens is 484 g/mol. The second kappa shape index (κ2) is 11.2. The minimum Gasteiger partial charge on any atom is -0.458 e. The summed E-state index contributed by atoms with van der Waals surface area (Å²) in [5.74, 6) is 1.19. The van der Waals surface area contributed by atoms with Crippen molar-refractivity contribution < 1.29 is 9.53 Å². The minimum absolute atomic E-state index is 0.269. The number of ether oxygens (including phenoxy) is 1. The highest BCUT2D eigenvalue weighted by atomic mass is 32.1. The first-order chi connectivity index (χ1) is 17.5. The number of likely N-dealkylation sites (N-methyl/N-ethyl adjacent to an activating group) is 1. The number of hydrogen-bond acceptors (Lipinski definition) is 9. The van der Waals surface area contributed by atoms with Crippen molar-refractivity contribution in [3.63, 3.8) is 0 Å². The van der Waals surface area contributed by atoms with Crippen molar-refractivity contribution in [2.45, 2.75) is 59.6 Å². The number of aryl methyl sites for hydroxylation is 1. The average molecular weight is 525 g/mol. The number of hydrogen-bond donors (Lipinski definition) is 2. The SMILES string of the molecule is Cc1csc2nc(Nc3ccc(N4CCN(C)CC4)cc3)nc(N[C@H](CC(C)C)C(=O)OC(C)(C)C)c12. The summed E-state index contributed by atoms with van der Waals surface area (Å²) in [5.41, 5.74) is 2.66. The van der Waals surface area contributed by atoms with Crippen LogP contribution in [0.15, 0.2) is 29.6 Å². The smallest absolute Gasteiger partial charge is 0.329 e. The molecule has 3 aromatic rings. The second-order valence-electron chi connectivity index (χ2n) is 11.3. The molecule has 8 nitrogen and oxygen atoms in total. The van der Waals surface area contributed by atoms with Crippen LogP contribution in [0.5, 0.6) is 0 Å². The first-order valence-electron chi connectivity index (χ1n) is 13.0. The number of rotatable bonds is 8. The van der Waals surface area contributed by atoms with Crippen molar-refractivity contribution in [3.05, 3.63) is 35.2 Å². The predicted octanol–water partition coefficient (Wildman–Crippen LogP) is 5.66. The standard InChI is InChI=1S/C28H40N6O2S/c1-18(2)16-22(26(35)36-28(4,5)6)30-24-23-19(3)17-37-25(23)32-27(31-24)29-20-8-10-21(11-9-20)34-14-12-33(7)13-15-34/h8-11,17-18,22H,12-16H2,1-7H3,(H2,29,30,31,32)/t22-/m1/s1. The third-order valence-corrected chi connectivity index (χ3v) is 7.31. The number of fused-ring (bicyclic) bond motifs is 1. The Hall–Kier alpha value is -2.91. The molecule has 0 amide bonds. The molecular formula is C28H40N6O2S. The maximum Gasteiger partial charge on any atom is 0.329 e. The predicted molar refractivity (Wildman–Crippen MR) is 154 cm³/mol. The van der Waals surface area contributed by atoms with Gasteiger partial charge >= 0.3 is 5.97 Å². The Balaban J connectivity index is 1.57. The van der Waals surface area contributed by atoms with Gasteiger partial charge in [0, 0.05) is 37.6 Å². The van der Waals surface area contributed by atoms with Crippen LogP contribution in [0.3, 0.4) is 0 Å². The number of esters is 1. The first kappa shape index (κ1) is 27.1. The number of thiophene rings is 1. The monoisotopic (exact) mass is 524 g/mol. The molecule has 1 aliphatic rings. The molecule has 9 heteroatoms. The van der Waals surface area contributed by atoms with Gasteiger partial charge in [0.25, 0.3) is 0 Å². The molecule has 2 N–H and O–H groups in total. The highest BCUT2D eigenvalue weighted by molar-refractivity contribution is 7.17. The van der Waals surface area contributed by atoms with Crippen molar-refractivity contribution in [1.82, 2.24) is 14.9 Å². The van der Waals surface area contributed by atoms with Crippen LogP contribution in [-0.2, 0) is 9.53 Å². The molecule has 200 valence electrons. The Bertz CT molecular complexity index is 1210. The molecule has 1 saturated heterocycles. The third kappa shape index (κ3) is 7.11. The Kier molecular flexibility index (Phi) is 8.23. The van der Waals surface area contributed by atoms with Crippen molar-refractivity contribution in [3.8, 4) is 0 Å². The molecule has 0 aliphatic carbocycles. The zero-order valence-corrected chi connectivity index (χ0v) is 23.9. The molecule has 0 bridgehead atoms. The van der Waals surface area contributed by atoms with Gasteiger partial charge in [-0.05, 0) is 82.3 Å². The Morgan fingerprint density at radius 2 is 1.78 bits per heavy atom. The van der Waals surface area contributed by atoms with Crippen LogP contribution in [0.2, 0.25) is 0 Å². The normalized spacial score (nSPS) is 15.7. The van der Waals surface area contributed by atoms with Crippen molar-refractivity contribution in [2.75, 3.05) is 48.8 Å². The van der Waals surface area contributed by atoms with E-state index in [0.29, 0.717) is 24.1 Å². The Labute approximate surface area is 224 Å². The van der Waals surface area contributed by atoms with Crippen LogP contribution in [0.1, 0.15) is 46.6 Å². The highest BCUT2D eigenvalue weighted by Crippen LogP contribution is 2.32. The molecule has 0 unspecified atom stereocenters. The summed E-state index contributed by atoms with van der Waals surface area (Å²) in [6.07, 6.45) is 0.639. The van der Waals surface area contributed by atoms with Gasteiger partial charge in [-0.1, -0.05) is 13.8 Å². The molecule has 1 atom stereocenters. The molecule has 1 aliphatic heterocycles. The lowest BCUT2D eigenvalue weighted by molar-refractivity contribution is -0.156. The number of carbonyl (C=O) groups is 1. The van der Waals surface area contributed by atoms with Crippen LogP contribution in [0.4, 0.5) is 23.1 Å². The summed E-state index contributed by atoms with van der Waals surface area (Å²) >= 11 is 1.58. The fourth-order valence-corrected chi connectivity index (χ4v) is 5.34. The van der Waals surface area contributed by atoms with Gasteiger partial charge in [-0.3, -0.25) is 0 Å². The van der Waals surface area contributed by atoms with E-state index in [9.17, 15) is 4.79 Å². The number of nitrogens with zero attached hydrogens (tertiary/aromatic N) is 4. The van der Waals surface area contributed by atoms with Gasteiger partial charge in [0.15, 0.2) is 0 Å². The highest BCUT2D eigenvalue weighted by Gasteiger charge is 2.27. The molecule has 1 aromatic carbocycles. The second-order valence-corrected chi connectivity index (χ2v) is 12.2. The number of aromatic nitrogens is 2. The topological polar surface area (TPSA) is 82.6 Å². The molecule has 37 heavy (non-hydrogen) atoms. The van der Waals surface area contributed by atoms with E-state index in [4.69, 9.17) is 14.7 Å². The van der Waals surface area contributed by atoms with E-state index in [0.717, 1.165) is 47.6 Å². The minimum atomic E-state index is -0.559. The fraction of sp³-hybridized carbons (Fsp3) is 0.536. The molecule has 0 spiro atoms. The van der Waals surface area contributed by atoms with E-state index in [1.807, 2.05) is 27.7 Å². The van der Waals surface area contributed by atoms with Gasteiger partial charge in [0.05, 0.1) is 5.39 Å². The lowest BCUT2D eigenvalue weighted by Crippen LogP contribution is -2.44. The fourth-order valence-electron chi connectivity index (χ4n) is 4.42. The zero-order valence-electron chi connectivity index (χ0n) is 23.1. The van der Waals surface area contributed by atoms with E-state index in [1.165, 1.54) is 5.69 Å². The molecule has 0 saturated carbocycles. The van der Waals surface area contributed by atoms with Crippen molar-refractivity contribution >= 4 is 50.7 Å². The van der Waals surface area contributed by atoms with Gasteiger partial charge in [-0.15, -0.1) is 11.3 Å². The first-order valence-corrected chi connectivity index (χ1v) is 13.9. The van der Waals surface area contributed by atoms with E-state index in [2.05, 4.69) is 71.0 Å². The number of piperazine rings is 1. The number of anilines is 4. The summed E-state index contributed by atoms with van der Waals surface area (Å²) in [7, 11) is 2.16. The number of carbonyl (C=O) groups excluding carboxylic acids is 1. The molecule has 4 rings (SSSR count). The van der Waals surface area contributed by atoms with Crippen LogP contribution >= 0.6 is 11.3 Å². The quantitative estimate of drug-likeness (QED) is 0.365. The molecule has 0 radical (unpaired) electrons. The van der Waals surface area contributed by atoms with Crippen molar-refractivity contribution in [1.29, 1.82) is 0 Å². The number of nitrogens with one attached hydrogen (secondary N) is 2. The van der Waals surface area contributed by atoms with E-state index >= 15 is 0 Å². The third-order valence-electron chi connectivity index (χ3n) is 6.32. The maximum atomic E-state index is 13.1. The largest absolute Gasteiger partial charge is 0.458 e. The lowest BCUT2D eigenvalue weighted by Gasteiger charge is -2.34. The lowest BCUT2D eigenvalue weighted by atomic mass is 10.0. The van der Waals surface area contributed by atoms with E-state index in [1.54, 1.807) is 11.3 Å². The van der Waals surface area contributed by atoms with Gasteiger partial charge in [0.2, 0.25) is 5.95 Å². The van der Waals surface area contributed by atoms with Gasteiger partial charge < -0.3 is 25.2 Å². The molecule has 1 fully saturated rings. The van der Waals surface area contributed by atoms with Crippen LogP contribution in [0.25, 0.3) is 10.2 Å². The maximum absolute atomic E-state index is 13.1.